The fourth-order valence-electron chi connectivity index (χ4n) is 3.01. The van der Waals surface area contributed by atoms with E-state index in [1.54, 1.807) is 0 Å². The summed E-state index contributed by atoms with van der Waals surface area (Å²) in [7, 11) is -0.504. The van der Waals surface area contributed by atoms with Crippen LogP contribution in [0, 0.1) is 5.92 Å². The van der Waals surface area contributed by atoms with Gasteiger partial charge in [-0.3, -0.25) is 4.79 Å². The Balaban J connectivity index is 1.65. The van der Waals surface area contributed by atoms with Crippen molar-refractivity contribution in [1.29, 1.82) is 0 Å². The van der Waals surface area contributed by atoms with Gasteiger partial charge < -0.3 is 15.3 Å². The van der Waals surface area contributed by atoms with Gasteiger partial charge in [-0.2, -0.15) is 17.0 Å². The van der Waals surface area contributed by atoms with E-state index in [1.165, 1.54) is 38.9 Å². The number of nitrogens with one attached hydrogen (secondary N) is 1. The third-order valence-electron chi connectivity index (χ3n) is 4.54. The van der Waals surface area contributed by atoms with Gasteiger partial charge in [0.1, 0.15) is 0 Å². The number of hydrogen-bond donors (Lipinski definition) is 2. The monoisotopic (exact) mass is 403 g/mol. The second kappa shape index (κ2) is 7.10. The Morgan fingerprint density at radius 2 is 2.08 bits per heavy atom. The highest BCUT2D eigenvalue weighted by molar-refractivity contribution is 7.86. The average molecular weight is 403 g/mol. The summed E-state index contributed by atoms with van der Waals surface area (Å²) in [5, 5.41) is 12.1. The van der Waals surface area contributed by atoms with Gasteiger partial charge in [-0.1, -0.05) is 0 Å². The maximum atomic E-state index is 12.3. The molecule has 26 heavy (non-hydrogen) atoms. The van der Waals surface area contributed by atoms with Crippen LogP contribution >= 0.6 is 11.3 Å². The first kappa shape index (κ1) is 19.0. The predicted molar refractivity (Wildman–Crippen MR) is 95.2 cm³/mol. The topological polar surface area (TPSA) is 123 Å². The molecular weight excluding hydrogens is 382 g/mol. The Bertz CT molecular complexity index is 822. The van der Waals surface area contributed by atoms with Gasteiger partial charge >= 0.3 is 6.09 Å². The molecule has 0 saturated carbocycles. The van der Waals surface area contributed by atoms with Crippen molar-refractivity contribution >= 4 is 38.7 Å². The van der Waals surface area contributed by atoms with Crippen LogP contribution in [0.25, 0.3) is 0 Å². The lowest BCUT2D eigenvalue weighted by Gasteiger charge is -2.27. The van der Waals surface area contributed by atoms with Gasteiger partial charge in [0.05, 0.1) is 18.2 Å². The molecule has 0 radical (unpaired) electrons. The quantitative estimate of drug-likeness (QED) is 0.743. The molecule has 3 rings (SSSR count). The molecule has 0 aliphatic carbocycles. The number of likely N-dealkylation sites (tertiary alicyclic amines) is 1. The van der Waals surface area contributed by atoms with Crippen LogP contribution in [0.4, 0.5) is 9.93 Å². The Kier molecular flexibility index (Phi) is 5.19. The first-order valence-corrected chi connectivity index (χ1v) is 10.3. The fourth-order valence-corrected chi connectivity index (χ4v) is 5.19. The molecular formula is C14H21N5O5S2. The SMILES string of the molecule is CN(C)S(=O)(=O)N1CCc2nc(NC(=O)[C@H]3CCN(C(=O)O)C3)sc2C1. The Labute approximate surface area is 155 Å². The third kappa shape index (κ3) is 3.68. The van der Waals surface area contributed by atoms with Crippen molar-refractivity contribution in [3.05, 3.63) is 10.6 Å². The Morgan fingerprint density at radius 1 is 1.35 bits per heavy atom. The molecule has 1 aromatic rings. The van der Waals surface area contributed by atoms with Crippen LogP contribution in [-0.4, -0.2) is 77.7 Å². The normalized spacial score (nSPS) is 21.0. The van der Waals surface area contributed by atoms with Crippen LogP contribution in [0.5, 0.6) is 0 Å². The van der Waals surface area contributed by atoms with E-state index in [0.29, 0.717) is 31.1 Å². The number of thiazole rings is 1. The summed E-state index contributed by atoms with van der Waals surface area (Å²) in [5.74, 6) is -0.643. The summed E-state index contributed by atoms with van der Waals surface area (Å²) in [6.45, 7) is 1.11. The molecule has 2 N–H and O–H groups in total. The highest BCUT2D eigenvalue weighted by atomic mass is 32.2. The number of carboxylic acid groups (broad SMARTS) is 1. The summed E-state index contributed by atoms with van der Waals surface area (Å²) in [4.78, 5) is 29.7. The minimum Gasteiger partial charge on any atom is -0.465 e. The molecule has 12 heteroatoms. The van der Waals surface area contributed by atoms with Crippen LogP contribution in [0.1, 0.15) is 17.0 Å². The summed E-state index contributed by atoms with van der Waals surface area (Å²) < 4.78 is 27.1. The number of carbonyl (C=O) groups excluding carboxylic acids is 1. The van der Waals surface area contributed by atoms with Crippen molar-refractivity contribution in [1.82, 2.24) is 18.5 Å². The molecule has 3 heterocycles. The van der Waals surface area contributed by atoms with E-state index >= 15 is 0 Å². The Hall–Kier alpha value is -1.76. The standard InChI is InChI=1S/C14H21N5O5S2/c1-17(2)26(23,24)19-6-4-10-11(8-19)25-13(15-10)16-12(20)9-3-5-18(7-9)14(21)22/h9H,3-8H2,1-2H3,(H,21,22)(H,15,16,20)/t9-/m0/s1. The highest BCUT2D eigenvalue weighted by Gasteiger charge is 2.33. The molecule has 1 saturated heterocycles. The van der Waals surface area contributed by atoms with Crippen molar-refractivity contribution in [3.63, 3.8) is 0 Å². The van der Waals surface area contributed by atoms with Gasteiger partial charge in [0.25, 0.3) is 10.2 Å². The van der Waals surface area contributed by atoms with E-state index in [-0.39, 0.29) is 19.0 Å². The molecule has 0 unspecified atom stereocenters. The zero-order chi connectivity index (χ0) is 19.1. The molecule has 2 amide bonds. The zero-order valence-corrected chi connectivity index (χ0v) is 16.1. The van der Waals surface area contributed by atoms with Crippen LogP contribution in [0.15, 0.2) is 0 Å². The van der Waals surface area contributed by atoms with Crippen LogP contribution in [-0.2, 0) is 28.0 Å². The van der Waals surface area contributed by atoms with E-state index in [0.717, 1.165) is 10.6 Å². The van der Waals surface area contributed by atoms with Gasteiger partial charge in [0.15, 0.2) is 5.13 Å². The smallest absolute Gasteiger partial charge is 0.407 e. The van der Waals surface area contributed by atoms with Gasteiger partial charge in [-0.05, 0) is 6.42 Å². The lowest BCUT2D eigenvalue weighted by Crippen LogP contribution is -2.42. The van der Waals surface area contributed by atoms with E-state index in [1.807, 2.05) is 0 Å². The number of fused-ring (bicyclic) bond motifs is 1. The van der Waals surface area contributed by atoms with Crippen molar-refractivity contribution in [2.24, 2.45) is 5.92 Å². The van der Waals surface area contributed by atoms with Crippen molar-refractivity contribution < 1.29 is 23.1 Å². The van der Waals surface area contributed by atoms with Gasteiger partial charge in [-0.25, -0.2) is 9.78 Å². The van der Waals surface area contributed by atoms with E-state index in [2.05, 4.69) is 10.3 Å². The summed E-state index contributed by atoms with van der Waals surface area (Å²) >= 11 is 1.26. The lowest BCUT2D eigenvalue weighted by molar-refractivity contribution is -0.119. The van der Waals surface area contributed by atoms with Crippen molar-refractivity contribution in [2.45, 2.75) is 19.4 Å². The van der Waals surface area contributed by atoms with E-state index in [4.69, 9.17) is 5.11 Å². The van der Waals surface area contributed by atoms with Gasteiger partial charge in [-0.15, -0.1) is 11.3 Å². The first-order chi connectivity index (χ1) is 12.2. The number of rotatable bonds is 4. The number of amides is 2. The van der Waals surface area contributed by atoms with Crippen LogP contribution < -0.4 is 5.32 Å². The zero-order valence-electron chi connectivity index (χ0n) is 14.5. The Morgan fingerprint density at radius 3 is 2.69 bits per heavy atom. The molecule has 0 bridgehead atoms. The highest BCUT2D eigenvalue weighted by Crippen LogP contribution is 2.30. The summed E-state index contributed by atoms with van der Waals surface area (Å²) in [6.07, 6.45) is -0.0458. The number of hydrogen-bond acceptors (Lipinski definition) is 6. The molecule has 0 aromatic carbocycles. The van der Waals surface area contributed by atoms with Crippen LogP contribution in [0.3, 0.4) is 0 Å². The minimum absolute atomic E-state index is 0.182. The summed E-state index contributed by atoms with van der Waals surface area (Å²) in [6, 6.07) is 0. The van der Waals surface area contributed by atoms with Crippen molar-refractivity contribution in [2.75, 3.05) is 39.0 Å². The number of anilines is 1. The molecule has 1 atom stereocenters. The molecule has 1 fully saturated rings. The molecule has 2 aliphatic heterocycles. The molecule has 2 aliphatic rings. The van der Waals surface area contributed by atoms with Gasteiger partial charge in [0.2, 0.25) is 5.91 Å². The second-order valence-electron chi connectivity index (χ2n) is 6.47. The average Bonchev–Trinajstić information content (AvgIpc) is 3.20. The first-order valence-electron chi connectivity index (χ1n) is 8.13. The molecule has 1 aromatic heterocycles. The third-order valence-corrected chi connectivity index (χ3v) is 7.43. The maximum Gasteiger partial charge on any atom is 0.407 e. The molecule has 0 spiro atoms. The maximum absolute atomic E-state index is 12.3. The minimum atomic E-state index is -3.49. The van der Waals surface area contributed by atoms with E-state index in [9.17, 15) is 18.0 Å². The lowest BCUT2D eigenvalue weighted by atomic mass is 10.1. The number of carbonyl (C=O) groups is 2. The van der Waals surface area contributed by atoms with Crippen molar-refractivity contribution in [3.8, 4) is 0 Å². The van der Waals surface area contributed by atoms with Gasteiger partial charge in [0, 0.05) is 45.0 Å². The predicted octanol–water partition coefficient (Wildman–Crippen LogP) is 0.246. The molecule has 144 valence electrons. The van der Waals surface area contributed by atoms with Crippen LogP contribution in [0.2, 0.25) is 0 Å². The van der Waals surface area contributed by atoms with E-state index < -0.39 is 22.2 Å². The number of aromatic nitrogens is 1. The number of nitrogens with zero attached hydrogens (tertiary/aromatic N) is 4. The fraction of sp³-hybridized carbons (Fsp3) is 0.643. The summed E-state index contributed by atoms with van der Waals surface area (Å²) in [5.41, 5.74) is 0.800. The second-order valence-corrected chi connectivity index (χ2v) is 9.69. The molecule has 10 nitrogen and oxygen atoms in total. The largest absolute Gasteiger partial charge is 0.465 e.